The lowest BCUT2D eigenvalue weighted by atomic mass is 10.1. The highest BCUT2D eigenvalue weighted by atomic mass is 35.5. The molecule has 2 rings (SSSR count). The summed E-state index contributed by atoms with van der Waals surface area (Å²) in [6.45, 7) is 2.86. The van der Waals surface area contributed by atoms with Crippen molar-refractivity contribution in [3.05, 3.63) is 71.8 Å². The Morgan fingerprint density at radius 1 is 0.941 bits per heavy atom. The SMILES string of the molecule is C[C@H](c1ccccc1)N(Cl)Cc1ccccc1. The number of benzene rings is 2. The molecule has 0 aliphatic heterocycles. The molecule has 0 amide bonds. The minimum Gasteiger partial charge on any atom is -0.209 e. The molecule has 0 fully saturated rings. The summed E-state index contributed by atoms with van der Waals surface area (Å²) in [5, 5.41) is 0. The summed E-state index contributed by atoms with van der Waals surface area (Å²) in [6, 6.07) is 20.8. The smallest absolute Gasteiger partial charge is 0.0476 e. The van der Waals surface area contributed by atoms with Crippen LogP contribution in [-0.2, 0) is 6.54 Å². The topological polar surface area (TPSA) is 3.24 Å². The Bertz CT molecular complexity index is 441. The van der Waals surface area contributed by atoms with Gasteiger partial charge in [0.2, 0.25) is 0 Å². The van der Waals surface area contributed by atoms with Crippen LogP contribution < -0.4 is 0 Å². The van der Waals surface area contributed by atoms with Crippen molar-refractivity contribution in [2.75, 3.05) is 0 Å². The molecule has 0 aromatic heterocycles. The largest absolute Gasteiger partial charge is 0.209 e. The summed E-state index contributed by atoms with van der Waals surface area (Å²) in [4.78, 5) is 0. The third kappa shape index (κ3) is 3.32. The summed E-state index contributed by atoms with van der Waals surface area (Å²) in [7, 11) is 0. The molecule has 0 bridgehead atoms. The molecule has 0 aliphatic carbocycles. The maximum atomic E-state index is 6.33. The average Bonchev–Trinajstić information content (AvgIpc) is 2.40. The molecule has 0 heterocycles. The van der Waals surface area contributed by atoms with E-state index in [1.54, 1.807) is 0 Å². The minimum atomic E-state index is 0.207. The highest BCUT2D eigenvalue weighted by Gasteiger charge is 2.13. The standard InChI is InChI=1S/C15H16ClN/c1-13(15-10-6-3-7-11-15)17(16)12-14-8-4-2-5-9-14/h2-11,13H,12H2,1H3/t13-/m1/s1. The van der Waals surface area contributed by atoms with Crippen molar-refractivity contribution in [2.45, 2.75) is 19.5 Å². The quantitative estimate of drug-likeness (QED) is 0.722. The van der Waals surface area contributed by atoms with E-state index in [4.69, 9.17) is 11.8 Å². The molecule has 0 aliphatic rings. The lowest BCUT2D eigenvalue weighted by Gasteiger charge is -2.22. The maximum Gasteiger partial charge on any atom is 0.0476 e. The van der Waals surface area contributed by atoms with Crippen molar-refractivity contribution in [1.29, 1.82) is 0 Å². The second kappa shape index (κ2) is 5.85. The summed E-state index contributed by atoms with van der Waals surface area (Å²) < 4.78 is 1.84. The Balaban J connectivity index is 2.03. The van der Waals surface area contributed by atoms with Gasteiger partial charge in [0.05, 0.1) is 0 Å². The van der Waals surface area contributed by atoms with E-state index in [2.05, 4.69) is 31.2 Å². The lowest BCUT2D eigenvalue weighted by Crippen LogP contribution is -2.16. The number of nitrogens with zero attached hydrogens (tertiary/aromatic N) is 1. The molecule has 1 atom stereocenters. The van der Waals surface area contributed by atoms with Crippen LogP contribution in [0.15, 0.2) is 60.7 Å². The zero-order valence-corrected chi connectivity index (χ0v) is 10.6. The van der Waals surface area contributed by atoms with Crippen molar-refractivity contribution in [2.24, 2.45) is 0 Å². The Kier molecular flexibility index (Phi) is 4.18. The molecule has 0 saturated heterocycles. The Morgan fingerprint density at radius 3 is 2.06 bits per heavy atom. The highest BCUT2D eigenvalue weighted by Crippen LogP contribution is 2.23. The van der Waals surface area contributed by atoms with Crippen LogP contribution in [0.3, 0.4) is 0 Å². The number of halogens is 1. The lowest BCUT2D eigenvalue weighted by molar-refractivity contribution is 0.362. The third-order valence-electron chi connectivity index (χ3n) is 2.88. The van der Waals surface area contributed by atoms with Crippen LogP contribution in [0.4, 0.5) is 0 Å². The second-order valence-corrected chi connectivity index (χ2v) is 4.56. The van der Waals surface area contributed by atoms with Crippen LogP contribution in [0.25, 0.3) is 0 Å². The van der Waals surface area contributed by atoms with Gasteiger partial charge in [0.25, 0.3) is 0 Å². The van der Waals surface area contributed by atoms with E-state index in [9.17, 15) is 0 Å². The van der Waals surface area contributed by atoms with E-state index in [1.165, 1.54) is 11.1 Å². The van der Waals surface area contributed by atoms with Crippen LogP contribution in [0.1, 0.15) is 24.1 Å². The normalized spacial score (nSPS) is 12.6. The molecule has 17 heavy (non-hydrogen) atoms. The van der Waals surface area contributed by atoms with Crippen LogP contribution in [0.2, 0.25) is 0 Å². The molecule has 0 saturated carbocycles. The van der Waals surface area contributed by atoms with Gasteiger partial charge in [-0.1, -0.05) is 60.7 Å². The van der Waals surface area contributed by atoms with Crippen molar-refractivity contribution < 1.29 is 0 Å². The first kappa shape index (κ1) is 12.2. The predicted molar refractivity (Wildman–Crippen MR) is 72.7 cm³/mol. The van der Waals surface area contributed by atoms with Crippen LogP contribution in [-0.4, -0.2) is 4.42 Å². The van der Waals surface area contributed by atoms with Gasteiger partial charge >= 0.3 is 0 Å². The fourth-order valence-electron chi connectivity index (χ4n) is 1.79. The summed E-state index contributed by atoms with van der Waals surface area (Å²) >= 11 is 6.33. The Morgan fingerprint density at radius 2 is 1.47 bits per heavy atom. The van der Waals surface area contributed by atoms with Crippen LogP contribution in [0, 0.1) is 0 Å². The van der Waals surface area contributed by atoms with E-state index < -0.39 is 0 Å². The molecule has 2 aromatic carbocycles. The summed E-state index contributed by atoms with van der Waals surface area (Å²) in [6.07, 6.45) is 0. The van der Waals surface area contributed by atoms with E-state index in [0.29, 0.717) is 0 Å². The molecular weight excluding hydrogens is 230 g/mol. The van der Waals surface area contributed by atoms with Gasteiger partial charge in [-0.2, -0.15) is 0 Å². The fraction of sp³-hybridized carbons (Fsp3) is 0.200. The molecule has 0 N–H and O–H groups in total. The van der Waals surface area contributed by atoms with E-state index in [-0.39, 0.29) is 6.04 Å². The second-order valence-electron chi connectivity index (χ2n) is 4.13. The van der Waals surface area contributed by atoms with E-state index >= 15 is 0 Å². The van der Waals surface area contributed by atoms with Gasteiger partial charge in [-0.05, 0) is 29.8 Å². The first-order chi connectivity index (χ1) is 8.27. The molecule has 1 nitrogen and oxygen atoms in total. The number of rotatable bonds is 4. The van der Waals surface area contributed by atoms with Crippen LogP contribution in [0.5, 0.6) is 0 Å². The van der Waals surface area contributed by atoms with Crippen molar-refractivity contribution in [3.63, 3.8) is 0 Å². The Hall–Kier alpha value is -1.31. The van der Waals surface area contributed by atoms with Gasteiger partial charge < -0.3 is 0 Å². The number of hydrogen-bond donors (Lipinski definition) is 0. The van der Waals surface area contributed by atoms with Gasteiger partial charge in [-0.25, -0.2) is 4.42 Å². The molecule has 0 spiro atoms. The predicted octanol–water partition coefficient (Wildman–Crippen LogP) is 4.40. The van der Waals surface area contributed by atoms with Gasteiger partial charge in [0, 0.05) is 12.6 Å². The zero-order chi connectivity index (χ0) is 12.1. The van der Waals surface area contributed by atoms with E-state index in [1.807, 2.05) is 40.8 Å². The molecule has 2 aromatic rings. The summed E-state index contributed by atoms with van der Waals surface area (Å²) in [5.41, 5.74) is 2.46. The number of hydrogen-bond acceptors (Lipinski definition) is 1. The monoisotopic (exact) mass is 245 g/mol. The third-order valence-corrected chi connectivity index (χ3v) is 3.29. The molecule has 0 radical (unpaired) electrons. The molecule has 88 valence electrons. The molecular formula is C15H16ClN. The van der Waals surface area contributed by atoms with Crippen LogP contribution >= 0.6 is 11.8 Å². The van der Waals surface area contributed by atoms with Gasteiger partial charge in [-0.15, -0.1) is 0 Å². The fourth-order valence-corrected chi connectivity index (χ4v) is 2.04. The summed E-state index contributed by atoms with van der Waals surface area (Å²) in [5.74, 6) is 0. The Labute approximate surface area is 108 Å². The van der Waals surface area contributed by atoms with Gasteiger partial charge in [0.1, 0.15) is 0 Å². The first-order valence-electron chi connectivity index (χ1n) is 5.78. The molecule has 2 heteroatoms. The van der Waals surface area contributed by atoms with E-state index in [0.717, 1.165) is 6.54 Å². The zero-order valence-electron chi connectivity index (χ0n) is 9.88. The maximum absolute atomic E-state index is 6.33. The first-order valence-corrected chi connectivity index (χ1v) is 6.12. The average molecular weight is 246 g/mol. The van der Waals surface area contributed by atoms with Crippen molar-refractivity contribution in [3.8, 4) is 0 Å². The van der Waals surface area contributed by atoms with Gasteiger partial charge in [0.15, 0.2) is 0 Å². The molecule has 0 unspecified atom stereocenters. The van der Waals surface area contributed by atoms with Crippen molar-refractivity contribution >= 4 is 11.8 Å². The van der Waals surface area contributed by atoms with Crippen molar-refractivity contribution in [1.82, 2.24) is 4.42 Å². The highest BCUT2D eigenvalue weighted by molar-refractivity contribution is 6.13. The van der Waals surface area contributed by atoms with Gasteiger partial charge in [-0.3, -0.25) is 0 Å². The minimum absolute atomic E-state index is 0.207.